The molecule has 134 valence electrons. The number of likely N-dealkylation sites (tertiary alicyclic amines) is 1. The highest BCUT2D eigenvalue weighted by atomic mass is 16.5. The standard InChI is InChI=1S/C20H27N3O2/c1-22(14-17-4-2-8-21-13-17)18-12-20(25-16-18)6-9-23(10-7-20)15-19-5-3-11-24-19/h2-5,8,11,13,18H,6-7,9-10,12,14-16H2,1H3. The quantitative estimate of drug-likeness (QED) is 0.836. The van der Waals surface area contributed by atoms with Crippen molar-refractivity contribution < 1.29 is 9.15 Å². The Morgan fingerprint density at radius 1 is 1.28 bits per heavy atom. The average Bonchev–Trinajstić information content (AvgIpc) is 3.29. The Bertz CT molecular complexity index is 651. The molecule has 5 heteroatoms. The summed E-state index contributed by atoms with van der Waals surface area (Å²) in [4.78, 5) is 9.11. The van der Waals surface area contributed by atoms with E-state index in [1.54, 1.807) is 6.26 Å². The van der Waals surface area contributed by atoms with E-state index in [9.17, 15) is 0 Å². The van der Waals surface area contributed by atoms with E-state index in [2.05, 4.69) is 34.0 Å². The molecule has 2 saturated heterocycles. The zero-order valence-corrected chi connectivity index (χ0v) is 14.9. The van der Waals surface area contributed by atoms with Crippen LogP contribution >= 0.6 is 0 Å². The maximum absolute atomic E-state index is 6.33. The summed E-state index contributed by atoms with van der Waals surface area (Å²) in [6.45, 7) is 4.85. The van der Waals surface area contributed by atoms with Crippen molar-refractivity contribution in [2.24, 2.45) is 0 Å². The van der Waals surface area contributed by atoms with Gasteiger partial charge in [0.1, 0.15) is 5.76 Å². The fraction of sp³-hybridized carbons (Fsp3) is 0.550. The number of aromatic nitrogens is 1. The van der Waals surface area contributed by atoms with Crippen LogP contribution in [0.5, 0.6) is 0 Å². The van der Waals surface area contributed by atoms with Crippen LogP contribution in [0.25, 0.3) is 0 Å². The van der Waals surface area contributed by atoms with Crippen molar-refractivity contribution >= 4 is 0 Å². The fourth-order valence-electron chi connectivity index (χ4n) is 4.10. The molecule has 25 heavy (non-hydrogen) atoms. The lowest BCUT2D eigenvalue weighted by atomic mass is 9.87. The third kappa shape index (κ3) is 3.94. The Kier molecular flexibility index (Phi) is 4.88. The second-order valence-corrected chi connectivity index (χ2v) is 7.48. The summed E-state index contributed by atoms with van der Waals surface area (Å²) >= 11 is 0. The number of ether oxygens (including phenoxy) is 1. The number of furan rings is 1. The van der Waals surface area contributed by atoms with Gasteiger partial charge >= 0.3 is 0 Å². The molecule has 2 aromatic rings. The molecule has 4 heterocycles. The van der Waals surface area contributed by atoms with Crippen molar-refractivity contribution in [3.8, 4) is 0 Å². The van der Waals surface area contributed by atoms with Crippen LogP contribution in [0.15, 0.2) is 47.3 Å². The minimum atomic E-state index is 0.0769. The highest BCUT2D eigenvalue weighted by Gasteiger charge is 2.43. The lowest BCUT2D eigenvalue weighted by Crippen LogP contribution is -2.44. The molecule has 2 aromatic heterocycles. The Labute approximate surface area is 149 Å². The number of piperidine rings is 1. The van der Waals surface area contributed by atoms with Crippen LogP contribution in [0.4, 0.5) is 0 Å². The van der Waals surface area contributed by atoms with E-state index >= 15 is 0 Å². The number of nitrogens with zero attached hydrogens (tertiary/aromatic N) is 3. The molecule has 0 saturated carbocycles. The van der Waals surface area contributed by atoms with Gasteiger partial charge in [-0.1, -0.05) is 6.07 Å². The molecule has 0 bridgehead atoms. The molecule has 2 aliphatic rings. The SMILES string of the molecule is CN(Cc1cccnc1)C1COC2(CCN(Cc3ccco3)CC2)C1. The van der Waals surface area contributed by atoms with Crippen molar-refractivity contribution in [3.05, 3.63) is 54.2 Å². The number of likely N-dealkylation sites (N-methyl/N-ethyl adjacent to an activating group) is 1. The van der Waals surface area contributed by atoms with E-state index in [4.69, 9.17) is 9.15 Å². The Balaban J connectivity index is 1.28. The molecule has 0 aromatic carbocycles. The van der Waals surface area contributed by atoms with E-state index < -0.39 is 0 Å². The fourth-order valence-corrected chi connectivity index (χ4v) is 4.10. The smallest absolute Gasteiger partial charge is 0.117 e. The summed E-state index contributed by atoms with van der Waals surface area (Å²) in [7, 11) is 2.20. The van der Waals surface area contributed by atoms with Gasteiger partial charge in [-0.05, 0) is 50.1 Å². The van der Waals surface area contributed by atoms with E-state index in [0.29, 0.717) is 6.04 Å². The summed E-state index contributed by atoms with van der Waals surface area (Å²) < 4.78 is 11.8. The van der Waals surface area contributed by atoms with Crippen molar-refractivity contribution in [2.45, 2.75) is 44.0 Å². The molecule has 1 atom stereocenters. The predicted octanol–water partition coefficient (Wildman–Crippen LogP) is 2.93. The highest BCUT2D eigenvalue weighted by Crippen LogP contribution is 2.38. The third-order valence-electron chi connectivity index (χ3n) is 5.69. The van der Waals surface area contributed by atoms with E-state index in [0.717, 1.165) is 57.8 Å². The van der Waals surface area contributed by atoms with Crippen molar-refractivity contribution in [1.29, 1.82) is 0 Å². The normalized spacial score (nSPS) is 23.5. The predicted molar refractivity (Wildman–Crippen MR) is 96.0 cm³/mol. The van der Waals surface area contributed by atoms with Gasteiger partial charge in [0.25, 0.3) is 0 Å². The molecule has 0 amide bonds. The number of hydrogen-bond donors (Lipinski definition) is 0. The molecule has 0 radical (unpaired) electrons. The van der Waals surface area contributed by atoms with Crippen molar-refractivity contribution in [1.82, 2.24) is 14.8 Å². The second kappa shape index (κ2) is 7.28. The molecule has 0 aliphatic carbocycles. The third-order valence-corrected chi connectivity index (χ3v) is 5.69. The molecule has 2 fully saturated rings. The minimum absolute atomic E-state index is 0.0769. The van der Waals surface area contributed by atoms with Gasteiger partial charge in [-0.15, -0.1) is 0 Å². The van der Waals surface area contributed by atoms with Crippen molar-refractivity contribution in [3.63, 3.8) is 0 Å². The first kappa shape index (κ1) is 16.8. The van der Waals surface area contributed by atoms with Gasteiger partial charge in [0.2, 0.25) is 0 Å². The van der Waals surface area contributed by atoms with E-state index in [-0.39, 0.29) is 5.60 Å². The largest absolute Gasteiger partial charge is 0.468 e. The first-order valence-corrected chi connectivity index (χ1v) is 9.20. The topological polar surface area (TPSA) is 41.7 Å². The molecular formula is C20H27N3O2. The van der Waals surface area contributed by atoms with Crippen LogP contribution in [0.3, 0.4) is 0 Å². The molecular weight excluding hydrogens is 314 g/mol. The van der Waals surface area contributed by atoms with Gasteiger partial charge in [0, 0.05) is 38.1 Å². The first-order valence-electron chi connectivity index (χ1n) is 9.20. The maximum atomic E-state index is 6.33. The lowest BCUT2D eigenvalue weighted by molar-refractivity contribution is -0.0461. The van der Waals surface area contributed by atoms with Gasteiger partial charge in [-0.2, -0.15) is 0 Å². The zero-order valence-electron chi connectivity index (χ0n) is 14.9. The number of rotatable bonds is 5. The number of hydrogen-bond acceptors (Lipinski definition) is 5. The molecule has 2 aliphatic heterocycles. The summed E-state index contributed by atoms with van der Waals surface area (Å²) in [5.74, 6) is 1.05. The van der Waals surface area contributed by atoms with Gasteiger partial charge in [-0.3, -0.25) is 14.8 Å². The van der Waals surface area contributed by atoms with Crippen LogP contribution in [0.1, 0.15) is 30.6 Å². The molecule has 5 nitrogen and oxygen atoms in total. The molecule has 4 rings (SSSR count). The van der Waals surface area contributed by atoms with Crippen LogP contribution < -0.4 is 0 Å². The Morgan fingerprint density at radius 2 is 2.16 bits per heavy atom. The summed E-state index contributed by atoms with van der Waals surface area (Å²) in [5.41, 5.74) is 1.34. The van der Waals surface area contributed by atoms with Crippen LogP contribution in [0, 0.1) is 0 Å². The summed E-state index contributed by atoms with van der Waals surface area (Å²) in [6.07, 6.45) is 8.90. The van der Waals surface area contributed by atoms with E-state index in [1.807, 2.05) is 24.5 Å². The van der Waals surface area contributed by atoms with Crippen LogP contribution in [-0.4, -0.2) is 53.2 Å². The first-order chi connectivity index (χ1) is 12.2. The summed E-state index contributed by atoms with van der Waals surface area (Å²) in [6, 6.07) is 8.66. The molecule has 1 unspecified atom stereocenters. The second-order valence-electron chi connectivity index (χ2n) is 7.48. The monoisotopic (exact) mass is 341 g/mol. The Hall–Kier alpha value is -1.69. The zero-order chi connectivity index (χ0) is 17.1. The van der Waals surface area contributed by atoms with Gasteiger partial charge < -0.3 is 9.15 Å². The minimum Gasteiger partial charge on any atom is -0.468 e. The van der Waals surface area contributed by atoms with Gasteiger partial charge in [0.15, 0.2) is 0 Å². The lowest BCUT2D eigenvalue weighted by Gasteiger charge is -2.38. The average molecular weight is 341 g/mol. The van der Waals surface area contributed by atoms with Crippen LogP contribution in [0.2, 0.25) is 0 Å². The molecule has 0 N–H and O–H groups in total. The van der Waals surface area contributed by atoms with Gasteiger partial charge in [0.05, 0.1) is 25.0 Å². The highest BCUT2D eigenvalue weighted by molar-refractivity contribution is 5.09. The summed E-state index contributed by atoms with van der Waals surface area (Å²) in [5, 5.41) is 0. The van der Waals surface area contributed by atoms with Crippen molar-refractivity contribution in [2.75, 3.05) is 26.7 Å². The van der Waals surface area contributed by atoms with Gasteiger partial charge in [-0.25, -0.2) is 0 Å². The van der Waals surface area contributed by atoms with Crippen LogP contribution in [-0.2, 0) is 17.8 Å². The molecule has 1 spiro atoms. The Morgan fingerprint density at radius 3 is 2.88 bits per heavy atom. The maximum Gasteiger partial charge on any atom is 0.117 e. The van der Waals surface area contributed by atoms with E-state index in [1.165, 1.54) is 5.56 Å². The number of pyridine rings is 1.